The van der Waals surface area contributed by atoms with Gasteiger partial charge in [-0.2, -0.15) is 0 Å². The van der Waals surface area contributed by atoms with Gasteiger partial charge in [-0.3, -0.25) is 0 Å². The largest absolute Gasteiger partial charge is 0.0622 e. The number of hydrogen-bond acceptors (Lipinski definition) is 0. The zero-order valence-electron chi connectivity index (χ0n) is 25.1. The minimum absolute atomic E-state index is 0. The molecule has 1 saturated carbocycles. The van der Waals surface area contributed by atoms with Crippen LogP contribution in [-0.2, 0) is 58.5 Å². The van der Waals surface area contributed by atoms with Crippen molar-refractivity contribution in [3.8, 4) is 0 Å². The fourth-order valence-electron chi connectivity index (χ4n) is 5.98. The van der Waals surface area contributed by atoms with Crippen LogP contribution in [0.5, 0.6) is 0 Å². The first-order chi connectivity index (χ1) is 21.8. The summed E-state index contributed by atoms with van der Waals surface area (Å²) in [5, 5.41) is 0. The summed E-state index contributed by atoms with van der Waals surface area (Å²) in [6.07, 6.45) is 4.73. The van der Waals surface area contributed by atoms with Gasteiger partial charge in [-0.25, -0.2) is 0 Å². The third kappa shape index (κ3) is 10.1. The van der Waals surface area contributed by atoms with Crippen LogP contribution in [-0.4, -0.2) is 0 Å². The standard InChI is InChI=1S/C40H35.2CO.Fe/c1-6-16-31(17-7-1)26-36-37(27-32-18-8-2-9-19-32)39(29-34-22-12-4-13-23-34)40(30-35-24-14-5-15-25-35)38(36)28-33-20-10-3-11-21-33;2*1-2;/h1-25H,26-30H2;;;. The predicted octanol–water partition coefficient (Wildman–Crippen LogP) is 9.01. The molecule has 0 amide bonds. The van der Waals surface area contributed by atoms with Crippen LogP contribution in [0.2, 0.25) is 0 Å². The molecule has 0 saturated heterocycles. The van der Waals surface area contributed by atoms with Crippen LogP contribution in [0.1, 0.15) is 27.8 Å². The van der Waals surface area contributed by atoms with Crippen molar-refractivity contribution in [3.63, 3.8) is 0 Å². The maximum absolute atomic E-state index is 7.50. The summed E-state index contributed by atoms with van der Waals surface area (Å²) < 4.78 is 15.0. The zero-order chi connectivity index (χ0) is 31.0. The van der Waals surface area contributed by atoms with Crippen molar-refractivity contribution in [2.45, 2.75) is 32.1 Å². The van der Waals surface area contributed by atoms with E-state index in [1.54, 1.807) is 0 Å². The predicted molar refractivity (Wildman–Crippen MR) is 175 cm³/mol. The summed E-state index contributed by atoms with van der Waals surface area (Å²) in [4.78, 5) is 0. The van der Waals surface area contributed by atoms with Crippen molar-refractivity contribution in [2.75, 3.05) is 0 Å². The first-order valence-electron chi connectivity index (χ1n) is 14.7. The first-order valence-corrected chi connectivity index (χ1v) is 14.7. The van der Waals surface area contributed by atoms with E-state index in [9.17, 15) is 0 Å². The molecule has 5 aromatic rings. The molecule has 0 unspecified atom stereocenters. The summed E-state index contributed by atoms with van der Waals surface area (Å²) in [6, 6.07) is 55.0. The topological polar surface area (TPSA) is 39.8 Å². The molecule has 0 bridgehead atoms. The van der Waals surface area contributed by atoms with Crippen LogP contribution in [0.3, 0.4) is 0 Å². The van der Waals surface area contributed by atoms with Gasteiger partial charge < -0.3 is 0 Å². The zero-order valence-corrected chi connectivity index (χ0v) is 26.2. The average Bonchev–Trinajstić information content (AvgIpc) is 3.34. The number of rotatable bonds is 10. The van der Waals surface area contributed by atoms with Crippen molar-refractivity contribution < 1.29 is 26.4 Å². The minimum atomic E-state index is 0. The Balaban J connectivity index is 0.00000106. The quantitative estimate of drug-likeness (QED) is 0.0843. The molecular formula is C42H35FeO2. The van der Waals surface area contributed by atoms with Gasteiger partial charge in [-0.05, 0) is 89.5 Å². The van der Waals surface area contributed by atoms with E-state index in [1.807, 2.05) is 0 Å². The third-order valence-electron chi connectivity index (χ3n) is 7.94. The van der Waals surface area contributed by atoms with E-state index in [2.05, 4.69) is 165 Å². The molecule has 0 heterocycles. The van der Waals surface area contributed by atoms with Gasteiger partial charge >= 0.3 is 22.6 Å². The van der Waals surface area contributed by atoms with Crippen LogP contribution < -0.4 is 0 Å². The van der Waals surface area contributed by atoms with Crippen molar-refractivity contribution in [1.82, 2.24) is 0 Å². The summed E-state index contributed by atoms with van der Waals surface area (Å²) in [5.41, 5.74) is 6.85. The molecule has 1 aliphatic rings. The second-order valence-electron chi connectivity index (χ2n) is 10.7. The number of benzene rings is 5. The van der Waals surface area contributed by atoms with Crippen LogP contribution >= 0.6 is 0 Å². The fourth-order valence-corrected chi connectivity index (χ4v) is 5.98. The Morgan fingerprint density at radius 2 is 0.400 bits per heavy atom. The third-order valence-corrected chi connectivity index (χ3v) is 7.94. The first kappa shape index (κ1) is 35.6. The molecule has 45 heavy (non-hydrogen) atoms. The molecule has 0 aliphatic heterocycles. The second-order valence-corrected chi connectivity index (χ2v) is 10.7. The van der Waals surface area contributed by atoms with Gasteiger partial charge in [0.1, 0.15) is 0 Å². The summed E-state index contributed by atoms with van der Waals surface area (Å²) >= 11 is 0. The van der Waals surface area contributed by atoms with Crippen LogP contribution in [0.4, 0.5) is 0 Å². The normalized spacial score (nSPS) is 13.9. The summed E-state index contributed by atoms with van der Waals surface area (Å²) in [6.45, 7) is 9.00. The van der Waals surface area contributed by atoms with E-state index in [-0.39, 0.29) is 17.1 Å². The molecule has 5 aromatic carbocycles. The molecular weight excluding hydrogens is 592 g/mol. The maximum Gasteiger partial charge on any atom is 0 e. The van der Waals surface area contributed by atoms with Crippen molar-refractivity contribution in [3.05, 3.63) is 222 Å². The molecule has 0 N–H and O–H groups in total. The van der Waals surface area contributed by atoms with Crippen molar-refractivity contribution in [1.29, 1.82) is 0 Å². The fraction of sp³-hybridized carbons (Fsp3) is 0.119. The Morgan fingerprint density at radius 1 is 0.267 bits per heavy atom. The van der Waals surface area contributed by atoms with E-state index >= 15 is 0 Å². The Kier molecular flexibility index (Phi) is 15.4. The molecule has 0 spiro atoms. The van der Waals surface area contributed by atoms with Crippen LogP contribution in [0, 0.1) is 42.9 Å². The minimum Gasteiger partial charge on any atom is -0.0622 e. The van der Waals surface area contributed by atoms with E-state index in [4.69, 9.17) is 9.30 Å². The summed E-state index contributed by atoms with van der Waals surface area (Å²) in [7, 11) is 0. The van der Waals surface area contributed by atoms with Gasteiger partial charge in [-0.15, -0.1) is 0 Å². The molecule has 6 rings (SSSR count). The molecule has 1 aliphatic carbocycles. The number of hydrogen-bond donors (Lipinski definition) is 0. The molecule has 223 valence electrons. The van der Waals surface area contributed by atoms with E-state index in [1.165, 1.54) is 57.4 Å². The van der Waals surface area contributed by atoms with Gasteiger partial charge in [0.2, 0.25) is 0 Å². The molecule has 1 fully saturated rings. The van der Waals surface area contributed by atoms with E-state index in [0.717, 1.165) is 32.1 Å². The van der Waals surface area contributed by atoms with Crippen molar-refractivity contribution in [2.24, 2.45) is 0 Å². The van der Waals surface area contributed by atoms with Gasteiger partial charge in [0.25, 0.3) is 0 Å². The smallest absolute Gasteiger partial charge is 0 e. The van der Waals surface area contributed by atoms with Gasteiger partial charge in [0.15, 0.2) is 0 Å². The van der Waals surface area contributed by atoms with Gasteiger partial charge in [-0.1, -0.05) is 152 Å². The Labute approximate surface area is 279 Å². The molecule has 2 nitrogen and oxygen atoms in total. The van der Waals surface area contributed by atoms with Crippen LogP contribution in [0.25, 0.3) is 0 Å². The van der Waals surface area contributed by atoms with E-state index in [0.29, 0.717) is 0 Å². The second kappa shape index (κ2) is 19.5. The van der Waals surface area contributed by atoms with Crippen molar-refractivity contribution >= 4 is 0 Å². The molecule has 0 aromatic heterocycles. The van der Waals surface area contributed by atoms with Crippen LogP contribution in [0.15, 0.2) is 152 Å². The van der Waals surface area contributed by atoms with Gasteiger partial charge in [0.05, 0.1) is 0 Å². The molecule has 5 radical (unpaired) electrons. The SMILES string of the molecule is [C-]#[O+].[C-]#[O+].[Fe].c1ccc(C[C]2[C](Cc3ccccc3)[C](Cc3ccccc3)[C](Cc3ccccc3)[C]2Cc2ccccc2)cc1. The average molecular weight is 628 g/mol. The Hall–Kier alpha value is -3.90. The monoisotopic (exact) mass is 627 g/mol. The molecule has 3 heteroatoms. The maximum atomic E-state index is 7.50. The molecule has 0 atom stereocenters. The summed E-state index contributed by atoms with van der Waals surface area (Å²) in [5.74, 6) is 7.55. The van der Waals surface area contributed by atoms with E-state index < -0.39 is 0 Å². The Bertz CT molecular complexity index is 1240. The Morgan fingerprint density at radius 3 is 0.533 bits per heavy atom. The van der Waals surface area contributed by atoms with Gasteiger partial charge in [0, 0.05) is 17.1 Å².